The monoisotopic (exact) mass is 304 g/mol. The van der Waals surface area contributed by atoms with Crippen molar-refractivity contribution >= 4 is 17.6 Å². The summed E-state index contributed by atoms with van der Waals surface area (Å²) in [5.41, 5.74) is 1.98. The van der Waals surface area contributed by atoms with Crippen molar-refractivity contribution < 1.29 is 14.3 Å². The summed E-state index contributed by atoms with van der Waals surface area (Å²) in [4.78, 5) is 26.1. The number of nitrogens with zero attached hydrogens (tertiary/aromatic N) is 1. The molecule has 5 nitrogen and oxygen atoms in total. The van der Waals surface area contributed by atoms with Gasteiger partial charge in [-0.05, 0) is 37.1 Å². The number of hydrogen-bond donors (Lipinski definition) is 1. The number of esters is 1. The Kier molecular flexibility index (Phi) is 5.95. The molecule has 1 aliphatic rings. The summed E-state index contributed by atoms with van der Waals surface area (Å²) in [6, 6.07) is 7.30. The Hall–Kier alpha value is -1.88. The number of amides is 1. The number of rotatable bonds is 6. The molecule has 1 aliphatic heterocycles. The molecular weight excluding hydrogens is 280 g/mol. The molecular formula is C17H24N2O3. The molecule has 1 aromatic carbocycles. The Balaban J connectivity index is 1.95. The molecule has 1 atom stereocenters. The summed E-state index contributed by atoms with van der Waals surface area (Å²) < 4.78 is 5.09. The highest BCUT2D eigenvalue weighted by Gasteiger charge is 2.32. The Morgan fingerprint density at radius 2 is 2.05 bits per heavy atom. The van der Waals surface area contributed by atoms with Gasteiger partial charge in [0, 0.05) is 12.2 Å². The van der Waals surface area contributed by atoms with Gasteiger partial charge in [-0.3, -0.25) is 14.5 Å². The van der Waals surface area contributed by atoms with E-state index in [-0.39, 0.29) is 18.3 Å². The fourth-order valence-corrected chi connectivity index (χ4v) is 2.64. The molecule has 2 rings (SSSR count). The van der Waals surface area contributed by atoms with E-state index in [9.17, 15) is 9.59 Å². The average Bonchev–Trinajstić information content (AvgIpc) is 2.52. The number of aryl methyl sites for hydroxylation is 1. The summed E-state index contributed by atoms with van der Waals surface area (Å²) >= 11 is 0. The summed E-state index contributed by atoms with van der Waals surface area (Å²) in [5.74, 6) is -0.453. The van der Waals surface area contributed by atoms with Crippen LogP contribution in [0.4, 0.5) is 5.69 Å². The lowest BCUT2D eigenvalue weighted by atomic mass is 10.1. The van der Waals surface area contributed by atoms with Crippen molar-refractivity contribution in [3.05, 3.63) is 29.8 Å². The lowest BCUT2D eigenvalue weighted by molar-refractivity contribution is -0.158. The van der Waals surface area contributed by atoms with Gasteiger partial charge in [0.05, 0.1) is 6.42 Å². The summed E-state index contributed by atoms with van der Waals surface area (Å²) in [6.07, 6.45) is 2.05. The molecule has 1 aromatic rings. The van der Waals surface area contributed by atoms with E-state index < -0.39 is 6.04 Å². The molecule has 1 heterocycles. The van der Waals surface area contributed by atoms with Crippen LogP contribution in [0, 0.1) is 0 Å². The second kappa shape index (κ2) is 7.94. The first kappa shape index (κ1) is 16.5. The van der Waals surface area contributed by atoms with Crippen LogP contribution >= 0.6 is 0 Å². The minimum atomic E-state index is -0.469. The van der Waals surface area contributed by atoms with Crippen LogP contribution in [-0.4, -0.2) is 42.5 Å². The normalized spacial score (nSPS) is 18.8. The number of hydrogen-bond acceptors (Lipinski definition) is 4. The molecule has 0 aromatic heterocycles. The molecule has 1 N–H and O–H groups in total. The average molecular weight is 304 g/mol. The lowest BCUT2D eigenvalue weighted by Gasteiger charge is -2.33. The first-order valence-corrected chi connectivity index (χ1v) is 7.93. The minimum absolute atomic E-state index is 0.133. The van der Waals surface area contributed by atoms with Gasteiger partial charge >= 0.3 is 5.97 Å². The van der Waals surface area contributed by atoms with Crippen molar-refractivity contribution in [3.63, 3.8) is 0 Å². The van der Waals surface area contributed by atoms with Crippen LogP contribution < -0.4 is 5.32 Å². The highest BCUT2D eigenvalue weighted by Crippen LogP contribution is 2.15. The largest absolute Gasteiger partial charge is 0.463 e. The van der Waals surface area contributed by atoms with E-state index in [4.69, 9.17) is 4.74 Å². The fourth-order valence-electron chi connectivity index (χ4n) is 2.64. The Morgan fingerprint density at radius 3 is 2.68 bits per heavy atom. The molecule has 120 valence electrons. The quantitative estimate of drug-likeness (QED) is 0.819. The van der Waals surface area contributed by atoms with Gasteiger partial charge in [-0.1, -0.05) is 26.0 Å². The van der Waals surface area contributed by atoms with Crippen LogP contribution in [0.2, 0.25) is 0 Å². The molecule has 0 saturated carbocycles. The molecule has 0 bridgehead atoms. The number of cyclic esters (lactones) is 1. The predicted octanol–water partition coefficient (Wildman–Crippen LogP) is 2.21. The summed E-state index contributed by atoms with van der Waals surface area (Å²) in [7, 11) is 0. The van der Waals surface area contributed by atoms with Crippen molar-refractivity contribution in [2.75, 3.05) is 25.0 Å². The first-order chi connectivity index (χ1) is 10.6. The second-order valence-corrected chi connectivity index (χ2v) is 5.52. The van der Waals surface area contributed by atoms with Gasteiger partial charge in [-0.2, -0.15) is 0 Å². The van der Waals surface area contributed by atoms with E-state index in [1.807, 2.05) is 29.2 Å². The molecule has 1 amide bonds. The highest BCUT2D eigenvalue weighted by molar-refractivity contribution is 5.94. The van der Waals surface area contributed by atoms with Crippen LogP contribution in [0.3, 0.4) is 0 Å². The van der Waals surface area contributed by atoms with E-state index in [1.54, 1.807) is 0 Å². The molecule has 1 unspecified atom stereocenters. The maximum absolute atomic E-state index is 12.2. The zero-order valence-electron chi connectivity index (χ0n) is 13.3. The maximum atomic E-state index is 12.2. The van der Waals surface area contributed by atoms with Gasteiger partial charge in [0.1, 0.15) is 12.6 Å². The Morgan fingerprint density at radius 1 is 1.32 bits per heavy atom. The lowest BCUT2D eigenvalue weighted by Crippen LogP contribution is -2.50. The maximum Gasteiger partial charge on any atom is 0.323 e. The van der Waals surface area contributed by atoms with Gasteiger partial charge in [-0.15, -0.1) is 0 Å². The number of benzene rings is 1. The SMILES string of the molecule is CCCN1CCOC(=O)C1CC(=O)Nc1ccc(CC)cc1. The molecule has 0 spiro atoms. The summed E-state index contributed by atoms with van der Waals surface area (Å²) in [5, 5.41) is 2.85. The van der Waals surface area contributed by atoms with Gasteiger partial charge < -0.3 is 10.1 Å². The number of ether oxygens (including phenoxy) is 1. The minimum Gasteiger partial charge on any atom is -0.463 e. The van der Waals surface area contributed by atoms with Crippen molar-refractivity contribution in [2.45, 2.75) is 39.2 Å². The van der Waals surface area contributed by atoms with E-state index in [2.05, 4.69) is 19.2 Å². The van der Waals surface area contributed by atoms with Crippen LogP contribution in [0.1, 0.15) is 32.3 Å². The molecule has 0 radical (unpaired) electrons. The van der Waals surface area contributed by atoms with Crippen LogP contribution in [0.25, 0.3) is 0 Å². The summed E-state index contributed by atoms with van der Waals surface area (Å²) in [6.45, 7) is 6.06. The van der Waals surface area contributed by atoms with E-state index in [1.165, 1.54) is 5.56 Å². The highest BCUT2D eigenvalue weighted by atomic mass is 16.5. The molecule has 5 heteroatoms. The number of morpholine rings is 1. The van der Waals surface area contributed by atoms with Crippen molar-refractivity contribution in [1.82, 2.24) is 4.90 Å². The van der Waals surface area contributed by atoms with Gasteiger partial charge in [0.15, 0.2) is 0 Å². The molecule has 1 saturated heterocycles. The third kappa shape index (κ3) is 4.31. The van der Waals surface area contributed by atoms with Gasteiger partial charge in [0.2, 0.25) is 5.91 Å². The third-order valence-electron chi connectivity index (χ3n) is 3.87. The zero-order chi connectivity index (χ0) is 15.9. The van der Waals surface area contributed by atoms with E-state index >= 15 is 0 Å². The van der Waals surface area contributed by atoms with Crippen molar-refractivity contribution in [1.29, 1.82) is 0 Å². The van der Waals surface area contributed by atoms with E-state index in [0.717, 1.165) is 25.1 Å². The molecule has 1 fully saturated rings. The Bertz CT molecular complexity index is 511. The van der Waals surface area contributed by atoms with Crippen molar-refractivity contribution in [3.8, 4) is 0 Å². The predicted molar refractivity (Wildman–Crippen MR) is 85.7 cm³/mol. The standard InChI is InChI=1S/C17H24N2O3/c1-3-9-19-10-11-22-17(21)15(19)12-16(20)18-14-7-5-13(4-2)6-8-14/h5-8,15H,3-4,9-12H2,1-2H3,(H,18,20). The zero-order valence-corrected chi connectivity index (χ0v) is 13.3. The van der Waals surface area contributed by atoms with E-state index in [0.29, 0.717) is 13.2 Å². The third-order valence-corrected chi connectivity index (χ3v) is 3.87. The van der Waals surface area contributed by atoms with Gasteiger partial charge in [-0.25, -0.2) is 0 Å². The second-order valence-electron chi connectivity index (χ2n) is 5.52. The Labute approximate surface area is 131 Å². The number of carbonyl (C=O) groups excluding carboxylic acids is 2. The number of nitrogens with one attached hydrogen (secondary N) is 1. The smallest absolute Gasteiger partial charge is 0.323 e. The first-order valence-electron chi connectivity index (χ1n) is 7.93. The van der Waals surface area contributed by atoms with Crippen LogP contribution in [0.15, 0.2) is 24.3 Å². The van der Waals surface area contributed by atoms with Gasteiger partial charge in [0.25, 0.3) is 0 Å². The number of carbonyl (C=O) groups is 2. The molecule has 22 heavy (non-hydrogen) atoms. The number of anilines is 1. The van der Waals surface area contributed by atoms with Crippen LogP contribution in [0.5, 0.6) is 0 Å². The van der Waals surface area contributed by atoms with Crippen molar-refractivity contribution in [2.24, 2.45) is 0 Å². The molecule has 0 aliphatic carbocycles. The fraction of sp³-hybridized carbons (Fsp3) is 0.529. The topological polar surface area (TPSA) is 58.6 Å². The van der Waals surface area contributed by atoms with Crippen LogP contribution in [-0.2, 0) is 20.7 Å².